The van der Waals surface area contributed by atoms with Crippen molar-refractivity contribution in [1.29, 1.82) is 0 Å². The summed E-state index contributed by atoms with van der Waals surface area (Å²) >= 11 is 0. The van der Waals surface area contributed by atoms with Crippen molar-refractivity contribution in [1.82, 2.24) is 0 Å². The number of hydrazine groups is 1. The van der Waals surface area contributed by atoms with Crippen molar-refractivity contribution in [2.45, 2.75) is 39.9 Å². The molecule has 1 N–H and O–H groups in total. The Bertz CT molecular complexity index is 706. The van der Waals surface area contributed by atoms with E-state index in [1.54, 1.807) is 7.11 Å². The maximum Gasteiger partial charge on any atom is 0.454 e. The molecule has 0 aliphatic rings. The molecule has 0 fully saturated rings. The van der Waals surface area contributed by atoms with E-state index in [9.17, 15) is 4.57 Å². The van der Waals surface area contributed by atoms with Gasteiger partial charge >= 0.3 is 7.75 Å². The molecular weight excluding hydrogens is 351 g/mol. The standard InChI is InChI=1S/C19H27N2O4P/c1-15(2)24-26(22,25-16(3)4)21(18-9-7-6-8-10-18)20-17-11-13-19(23-5)14-12-17/h6-16,20H,1-5H3. The molecule has 26 heavy (non-hydrogen) atoms. The molecule has 0 amide bonds. The smallest absolute Gasteiger partial charge is 0.454 e. The van der Waals surface area contributed by atoms with Crippen molar-refractivity contribution in [3.63, 3.8) is 0 Å². The summed E-state index contributed by atoms with van der Waals surface area (Å²) < 4.78 is 31.8. The van der Waals surface area contributed by atoms with Crippen LogP contribution in [-0.4, -0.2) is 19.3 Å². The Labute approximate surface area is 155 Å². The van der Waals surface area contributed by atoms with Crippen LogP contribution in [0, 0.1) is 0 Å². The zero-order valence-corrected chi connectivity index (χ0v) is 16.8. The van der Waals surface area contributed by atoms with Gasteiger partial charge in [-0.3, -0.25) is 14.5 Å². The topological polar surface area (TPSA) is 60.0 Å². The lowest BCUT2D eigenvalue weighted by Crippen LogP contribution is -2.31. The molecule has 0 spiro atoms. The van der Waals surface area contributed by atoms with Crippen LogP contribution in [0.15, 0.2) is 54.6 Å². The quantitative estimate of drug-likeness (QED) is 0.460. The van der Waals surface area contributed by atoms with Gasteiger partial charge in [0.2, 0.25) is 0 Å². The molecule has 2 aromatic carbocycles. The van der Waals surface area contributed by atoms with Crippen molar-refractivity contribution in [3.8, 4) is 5.75 Å². The SMILES string of the molecule is COc1ccc(NN(c2ccccc2)P(=O)(OC(C)C)OC(C)C)cc1. The molecule has 0 unspecified atom stereocenters. The third-order valence-electron chi connectivity index (χ3n) is 3.26. The Hall–Kier alpha value is -2.01. The van der Waals surface area contributed by atoms with Gasteiger partial charge in [0.05, 0.1) is 30.7 Å². The average Bonchev–Trinajstić information content (AvgIpc) is 2.59. The second kappa shape index (κ2) is 9.08. The van der Waals surface area contributed by atoms with Crippen LogP contribution in [0.2, 0.25) is 0 Å². The molecule has 0 atom stereocenters. The lowest BCUT2D eigenvalue weighted by atomic mass is 10.3. The Morgan fingerprint density at radius 2 is 1.42 bits per heavy atom. The molecule has 0 saturated heterocycles. The molecule has 2 rings (SSSR count). The molecule has 0 saturated carbocycles. The van der Waals surface area contributed by atoms with Gasteiger partial charge in [-0.15, -0.1) is 0 Å². The Kier molecular flexibility index (Phi) is 7.09. The monoisotopic (exact) mass is 378 g/mol. The molecule has 0 radical (unpaired) electrons. The van der Waals surface area contributed by atoms with Gasteiger partial charge in [-0.1, -0.05) is 18.2 Å². The molecule has 2 aromatic rings. The van der Waals surface area contributed by atoms with Crippen molar-refractivity contribution in [2.75, 3.05) is 17.3 Å². The Balaban J connectivity index is 2.42. The highest BCUT2D eigenvalue weighted by atomic mass is 31.2. The molecule has 7 heteroatoms. The van der Waals surface area contributed by atoms with E-state index in [-0.39, 0.29) is 12.2 Å². The number of para-hydroxylation sites is 1. The number of nitrogens with zero attached hydrogens (tertiary/aromatic N) is 1. The van der Waals surface area contributed by atoms with E-state index in [2.05, 4.69) is 5.43 Å². The lowest BCUT2D eigenvalue weighted by Gasteiger charge is -2.34. The molecule has 0 heterocycles. The normalized spacial score (nSPS) is 11.7. The second-order valence-corrected chi connectivity index (χ2v) is 8.02. The van der Waals surface area contributed by atoms with Crippen LogP contribution in [0.5, 0.6) is 5.75 Å². The first-order valence-corrected chi connectivity index (χ1v) is 10.1. The minimum atomic E-state index is -3.66. The second-order valence-electron chi connectivity index (χ2n) is 6.26. The minimum Gasteiger partial charge on any atom is -0.497 e. The van der Waals surface area contributed by atoms with Gasteiger partial charge in [0.1, 0.15) is 5.75 Å². The number of anilines is 2. The summed E-state index contributed by atoms with van der Waals surface area (Å²) in [5.41, 5.74) is 4.57. The summed E-state index contributed by atoms with van der Waals surface area (Å²) in [6.07, 6.45) is -0.549. The number of hydrogen-bond acceptors (Lipinski definition) is 5. The van der Waals surface area contributed by atoms with Gasteiger partial charge < -0.3 is 4.74 Å². The minimum absolute atomic E-state index is 0.275. The van der Waals surface area contributed by atoms with Gasteiger partial charge in [0.25, 0.3) is 0 Å². The summed E-state index contributed by atoms with van der Waals surface area (Å²) in [7, 11) is -2.05. The number of hydrogen-bond donors (Lipinski definition) is 1. The zero-order chi connectivity index (χ0) is 19.2. The first-order chi connectivity index (χ1) is 12.3. The molecule has 142 valence electrons. The lowest BCUT2D eigenvalue weighted by molar-refractivity contribution is 0.141. The highest BCUT2D eigenvalue weighted by Crippen LogP contribution is 2.55. The third-order valence-corrected chi connectivity index (χ3v) is 5.46. The van der Waals surface area contributed by atoms with E-state index in [4.69, 9.17) is 13.8 Å². The fourth-order valence-electron chi connectivity index (χ4n) is 2.28. The van der Waals surface area contributed by atoms with E-state index in [1.807, 2.05) is 82.3 Å². The average molecular weight is 378 g/mol. The van der Waals surface area contributed by atoms with Crippen LogP contribution in [0.25, 0.3) is 0 Å². The molecule has 0 aliphatic heterocycles. The van der Waals surface area contributed by atoms with Gasteiger partial charge in [-0.05, 0) is 64.1 Å². The van der Waals surface area contributed by atoms with E-state index >= 15 is 0 Å². The van der Waals surface area contributed by atoms with Gasteiger partial charge in [0, 0.05) is 0 Å². The van der Waals surface area contributed by atoms with Gasteiger partial charge in [-0.2, -0.15) is 4.78 Å². The van der Waals surface area contributed by atoms with Crippen LogP contribution in [-0.2, 0) is 13.6 Å². The number of benzene rings is 2. The van der Waals surface area contributed by atoms with Crippen molar-refractivity contribution < 1.29 is 18.3 Å². The third kappa shape index (κ3) is 5.49. The summed E-state index contributed by atoms with van der Waals surface area (Å²) in [5, 5.41) is 0. The highest BCUT2D eigenvalue weighted by Gasteiger charge is 2.37. The van der Waals surface area contributed by atoms with Crippen molar-refractivity contribution >= 4 is 19.1 Å². The summed E-state index contributed by atoms with van der Waals surface area (Å²) in [4.78, 5) is 0. The van der Waals surface area contributed by atoms with Crippen LogP contribution < -0.4 is 14.9 Å². The summed E-state index contributed by atoms with van der Waals surface area (Å²) in [6.45, 7) is 7.31. The number of nitrogens with one attached hydrogen (secondary N) is 1. The van der Waals surface area contributed by atoms with Crippen LogP contribution >= 0.6 is 7.75 Å². The maximum atomic E-state index is 13.7. The largest absolute Gasteiger partial charge is 0.497 e. The highest BCUT2D eigenvalue weighted by molar-refractivity contribution is 7.55. The first-order valence-electron chi connectivity index (χ1n) is 8.57. The van der Waals surface area contributed by atoms with Gasteiger partial charge in [0.15, 0.2) is 0 Å². The number of ether oxygens (including phenoxy) is 1. The van der Waals surface area contributed by atoms with Crippen molar-refractivity contribution in [3.05, 3.63) is 54.6 Å². The number of methoxy groups -OCH3 is 1. The zero-order valence-electron chi connectivity index (χ0n) is 15.9. The predicted molar refractivity (Wildman–Crippen MR) is 106 cm³/mol. The van der Waals surface area contributed by atoms with Crippen molar-refractivity contribution in [2.24, 2.45) is 0 Å². The van der Waals surface area contributed by atoms with Crippen LogP contribution in [0.4, 0.5) is 11.4 Å². The summed E-state index contributed by atoms with van der Waals surface area (Å²) in [6, 6.07) is 16.6. The predicted octanol–water partition coefficient (Wildman–Crippen LogP) is 5.49. The fraction of sp³-hybridized carbons (Fsp3) is 0.368. The van der Waals surface area contributed by atoms with E-state index in [0.717, 1.165) is 11.4 Å². The summed E-state index contributed by atoms with van der Waals surface area (Å²) in [5.74, 6) is 0.738. The first kappa shape index (κ1) is 20.3. The molecule has 6 nitrogen and oxygen atoms in total. The Morgan fingerprint density at radius 1 is 0.885 bits per heavy atom. The molecule has 0 aromatic heterocycles. The maximum absolute atomic E-state index is 13.7. The van der Waals surface area contributed by atoms with E-state index in [0.29, 0.717) is 5.69 Å². The van der Waals surface area contributed by atoms with E-state index in [1.165, 1.54) is 4.78 Å². The van der Waals surface area contributed by atoms with E-state index < -0.39 is 7.75 Å². The van der Waals surface area contributed by atoms with Crippen LogP contribution in [0.3, 0.4) is 0 Å². The molecule has 0 bridgehead atoms. The molecule has 0 aliphatic carbocycles. The van der Waals surface area contributed by atoms with Crippen LogP contribution in [0.1, 0.15) is 27.7 Å². The number of rotatable bonds is 9. The fourth-order valence-corrected chi connectivity index (χ4v) is 4.23. The Morgan fingerprint density at radius 3 is 1.88 bits per heavy atom. The molecular formula is C19H27N2O4P. The van der Waals surface area contributed by atoms with Gasteiger partial charge in [-0.25, -0.2) is 4.57 Å².